The number of rotatable bonds is 4. The average Bonchev–Trinajstić information content (AvgIpc) is 3.38. The molecule has 4 rings (SSSR count). The highest BCUT2D eigenvalue weighted by molar-refractivity contribution is 5.91. The molecule has 0 atom stereocenters. The Balaban J connectivity index is 1.96. The molecule has 1 aliphatic carbocycles. The molecule has 0 radical (unpaired) electrons. The molecule has 0 bridgehead atoms. The number of hydrogen-bond donors (Lipinski definition) is 0. The summed E-state index contributed by atoms with van der Waals surface area (Å²) in [6, 6.07) is 5.64. The second-order valence-electron chi connectivity index (χ2n) is 5.92. The lowest BCUT2D eigenvalue weighted by atomic mass is 10.2. The number of methoxy groups -OCH3 is 1. The number of nitrogens with zero attached hydrogens (tertiary/aromatic N) is 3. The van der Waals surface area contributed by atoms with Gasteiger partial charge in [-0.3, -0.25) is 9.59 Å². The summed E-state index contributed by atoms with van der Waals surface area (Å²) in [5.74, 6) is 0. The zero-order valence-electron chi connectivity index (χ0n) is 12.9. The summed E-state index contributed by atoms with van der Waals surface area (Å²) in [6.07, 6.45) is 5.60. The second kappa shape index (κ2) is 5.31. The van der Waals surface area contributed by atoms with E-state index in [9.17, 15) is 9.59 Å². The molecule has 0 N–H and O–H groups in total. The number of hydrogen-bond acceptors (Lipinski definition) is 4. The topological polar surface area (TPSA) is 66.1 Å². The Kier molecular flexibility index (Phi) is 3.27. The molecular weight excluding hydrogens is 294 g/mol. The quantitative estimate of drug-likeness (QED) is 0.688. The molecule has 3 aromatic heterocycles. The number of pyridine rings is 3. The molecule has 1 aliphatic rings. The zero-order chi connectivity index (χ0) is 16.0. The van der Waals surface area contributed by atoms with Gasteiger partial charge in [-0.1, -0.05) is 0 Å². The SMILES string of the molecule is COCCn1ccc2nc3ccn(C4CC4)c(=O)c3cc2c1=O. The van der Waals surface area contributed by atoms with E-state index in [1.807, 2.05) is 6.07 Å². The summed E-state index contributed by atoms with van der Waals surface area (Å²) < 4.78 is 8.36. The number of ether oxygens (including phenoxy) is 1. The summed E-state index contributed by atoms with van der Waals surface area (Å²) in [7, 11) is 1.60. The van der Waals surface area contributed by atoms with Gasteiger partial charge in [0.25, 0.3) is 11.1 Å². The molecule has 0 aromatic carbocycles. The van der Waals surface area contributed by atoms with Crippen molar-refractivity contribution in [3.8, 4) is 0 Å². The summed E-state index contributed by atoms with van der Waals surface area (Å²) in [6.45, 7) is 0.936. The minimum Gasteiger partial charge on any atom is -0.383 e. The highest BCUT2D eigenvalue weighted by Crippen LogP contribution is 2.33. The summed E-state index contributed by atoms with van der Waals surface area (Å²) >= 11 is 0. The van der Waals surface area contributed by atoms with Crippen molar-refractivity contribution in [1.82, 2.24) is 14.1 Å². The van der Waals surface area contributed by atoms with Gasteiger partial charge in [-0.25, -0.2) is 4.98 Å². The molecule has 1 saturated carbocycles. The maximum atomic E-state index is 12.6. The van der Waals surface area contributed by atoms with E-state index in [0.29, 0.717) is 41.0 Å². The molecule has 3 aromatic rings. The molecule has 0 unspecified atom stereocenters. The fourth-order valence-corrected chi connectivity index (χ4v) is 2.89. The van der Waals surface area contributed by atoms with Crippen molar-refractivity contribution in [3.63, 3.8) is 0 Å². The molecule has 3 heterocycles. The first-order valence-corrected chi connectivity index (χ1v) is 7.73. The first-order valence-electron chi connectivity index (χ1n) is 7.73. The Morgan fingerprint density at radius 1 is 1.13 bits per heavy atom. The maximum absolute atomic E-state index is 12.6. The number of aromatic nitrogens is 3. The molecular formula is C17H17N3O3. The molecule has 0 aliphatic heterocycles. The van der Waals surface area contributed by atoms with Gasteiger partial charge in [0.1, 0.15) is 0 Å². The van der Waals surface area contributed by atoms with E-state index in [4.69, 9.17) is 4.74 Å². The van der Waals surface area contributed by atoms with Crippen LogP contribution in [0.1, 0.15) is 18.9 Å². The van der Waals surface area contributed by atoms with Crippen LogP contribution in [0.5, 0.6) is 0 Å². The van der Waals surface area contributed by atoms with E-state index in [1.54, 1.807) is 40.8 Å². The van der Waals surface area contributed by atoms with E-state index < -0.39 is 0 Å². The van der Waals surface area contributed by atoms with Crippen molar-refractivity contribution in [3.05, 3.63) is 51.3 Å². The maximum Gasteiger partial charge on any atom is 0.260 e. The highest BCUT2D eigenvalue weighted by atomic mass is 16.5. The van der Waals surface area contributed by atoms with Crippen LogP contribution in [0.2, 0.25) is 0 Å². The Hall–Kier alpha value is -2.47. The van der Waals surface area contributed by atoms with Gasteiger partial charge in [-0.15, -0.1) is 0 Å². The van der Waals surface area contributed by atoms with Gasteiger partial charge in [0.05, 0.1) is 28.4 Å². The molecule has 0 saturated heterocycles. The van der Waals surface area contributed by atoms with E-state index in [-0.39, 0.29) is 11.1 Å². The molecule has 0 amide bonds. The third-order valence-electron chi connectivity index (χ3n) is 4.32. The average molecular weight is 311 g/mol. The van der Waals surface area contributed by atoms with Crippen LogP contribution >= 0.6 is 0 Å². The standard InChI is InChI=1S/C17H17N3O3/c1-23-9-8-19-6-4-14-12(16(19)21)10-13-15(18-14)5-7-20(17(13)22)11-2-3-11/h4-7,10-11H,2-3,8-9H2,1H3. The van der Waals surface area contributed by atoms with Gasteiger partial charge in [0.15, 0.2) is 0 Å². The van der Waals surface area contributed by atoms with Gasteiger partial charge in [-0.05, 0) is 31.0 Å². The highest BCUT2D eigenvalue weighted by Gasteiger charge is 2.25. The van der Waals surface area contributed by atoms with Crippen LogP contribution in [-0.2, 0) is 11.3 Å². The number of fused-ring (bicyclic) bond motifs is 2. The normalized spacial score (nSPS) is 14.7. The van der Waals surface area contributed by atoms with Gasteiger partial charge in [-0.2, -0.15) is 0 Å². The molecule has 0 spiro atoms. The van der Waals surface area contributed by atoms with Crippen molar-refractivity contribution in [1.29, 1.82) is 0 Å². The Morgan fingerprint density at radius 2 is 1.83 bits per heavy atom. The molecule has 6 heteroatoms. The summed E-state index contributed by atoms with van der Waals surface area (Å²) in [5, 5.41) is 0.982. The third-order valence-corrected chi connectivity index (χ3v) is 4.32. The van der Waals surface area contributed by atoms with Crippen LogP contribution in [0.25, 0.3) is 21.8 Å². The first-order chi connectivity index (χ1) is 11.2. The van der Waals surface area contributed by atoms with Crippen molar-refractivity contribution in [2.24, 2.45) is 0 Å². The first kappa shape index (κ1) is 14.1. The predicted octanol–water partition coefficient (Wildman–Crippen LogP) is 1.69. The lowest BCUT2D eigenvalue weighted by Crippen LogP contribution is -2.23. The van der Waals surface area contributed by atoms with E-state index in [0.717, 1.165) is 12.8 Å². The summed E-state index contributed by atoms with van der Waals surface area (Å²) in [4.78, 5) is 29.7. The second-order valence-corrected chi connectivity index (χ2v) is 5.92. The van der Waals surface area contributed by atoms with Gasteiger partial charge in [0, 0.05) is 32.1 Å². The van der Waals surface area contributed by atoms with Crippen LogP contribution < -0.4 is 11.1 Å². The van der Waals surface area contributed by atoms with Crippen molar-refractivity contribution >= 4 is 21.8 Å². The third kappa shape index (κ3) is 2.35. The van der Waals surface area contributed by atoms with E-state index in [1.165, 1.54) is 0 Å². The predicted molar refractivity (Wildman–Crippen MR) is 87.9 cm³/mol. The summed E-state index contributed by atoms with van der Waals surface area (Å²) in [5.41, 5.74) is 1.04. The zero-order valence-corrected chi connectivity index (χ0v) is 12.9. The minimum atomic E-state index is -0.143. The van der Waals surface area contributed by atoms with Gasteiger partial charge in [0.2, 0.25) is 0 Å². The molecule has 118 valence electrons. The van der Waals surface area contributed by atoms with Gasteiger partial charge < -0.3 is 13.9 Å². The van der Waals surface area contributed by atoms with Crippen LogP contribution in [0.15, 0.2) is 40.2 Å². The lowest BCUT2D eigenvalue weighted by molar-refractivity contribution is 0.186. The molecule has 1 fully saturated rings. The van der Waals surface area contributed by atoms with Crippen LogP contribution in [0.4, 0.5) is 0 Å². The lowest BCUT2D eigenvalue weighted by Gasteiger charge is -2.08. The van der Waals surface area contributed by atoms with Crippen LogP contribution in [-0.4, -0.2) is 27.8 Å². The van der Waals surface area contributed by atoms with Crippen LogP contribution in [0.3, 0.4) is 0 Å². The molecule has 23 heavy (non-hydrogen) atoms. The van der Waals surface area contributed by atoms with Crippen molar-refractivity contribution < 1.29 is 4.74 Å². The fourth-order valence-electron chi connectivity index (χ4n) is 2.89. The minimum absolute atomic E-state index is 0.0638. The van der Waals surface area contributed by atoms with E-state index >= 15 is 0 Å². The Morgan fingerprint density at radius 3 is 2.52 bits per heavy atom. The van der Waals surface area contributed by atoms with E-state index in [2.05, 4.69) is 4.98 Å². The van der Waals surface area contributed by atoms with Crippen molar-refractivity contribution in [2.45, 2.75) is 25.4 Å². The largest absolute Gasteiger partial charge is 0.383 e. The van der Waals surface area contributed by atoms with Crippen molar-refractivity contribution in [2.75, 3.05) is 13.7 Å². The van der Waals surface area contributed by atoms with Gasteiger partial charge >= 0.3 is 0 Å². The Bertz CT molecular complexity index is 1020. The van der Waals surface area contributed by atoms with Crippen LogP contribution in [0, 0.1) is 0 Å². The molecule has 6 nitrogen and oxygen atoms in total. The Labute approximate surface area is 131 Å². The smallest absolute Gasteiger partial charge is 0.260 e. The monoisotopic (exact) mass is 311 g/mol. The fraction of sp³-hybridized carbons (Fsp3) is 0.353.